The number of aryl methyl sites for hydroxylation is 1. The van der Waals surface area contributed by atoms with Crippen molar-refractivity contribution in [3.8, 4) is 5.82 Å². The second-order valence-corrected chi connectivity index (χ2v) is 8.88. The summed E-state index contributed by atoms with van der Waals surface area (Å²) in [4.78, 5) is 31.2. The first-order valence-corrected chi connectivity index (χ1v) is 11.5. The smallest absolute Gasteiger partial charge is 0.320 e. The van der Waals surface area contributed by atoms with Crippen molar-refractivity contribution in [3.63, 3.8) is 0 Å². The molecule has 0 bridgehead atoms. The third kappa shape index (κ3) is 5.07. The Morgan fingerprint density at radius 3 is 2.62 bits per heavy atom. The van der Waals surface area contributed by atoms with Crippen LogP contribution >= 0.6 is 11.6 Å². The second kappa shape index (κ2) is 9.39. The SMILES string of the molecule is Cc1cccc(C(=O)C2CC2)c1NC(=O)c1cc(Cn2nnc(C(F)(F)F)n2)nn1-c1ncccc1Cl. The quantitative estimate of drug-likeness (QED) is 0.357. The minimum atomic E-state index is -4.76. The number of carbonyl (C=O) groups is 2. The number of aromatic nitrogens is 7. The molecule has 1 saturated carbocycles. The van der Waals surface area contributed by atoms with Gasteiger partial charge in [0.15, 0.2) is 11.6 Å². The summed E-state index contributed by atoms with van der Waals surface area (Å²) in [6.45, 7) is 1.46. The molecule has 1 aliphatic carbocycles. The Morgan fingerprint density at radius 2 is 1.95 bits per heavy atom. The van der Waals surface area contributed by atoms with E-state index >= 15 is 0 Å². The molecule has 0 unspecified atom stereocenters. The first-order chi connectivity index (χ1) is 17.6. The van der Waals surface area contributed by atoms with Gasteiger partial charge in [-0.1, -0.05) is 23.7 Å². The fourth-order valence-electron chi connectivity index (χ4n) is 3.71. The molecule has 0 radical (unpaired) electrons. The Kier molecular flexibility index (Phi) is 6.23. The van der Waals surface area contributed by atoms with Gasteiger partial charge in [-0.05, 0) is 54.8 Å². The predicted molar refractivity (Wildman–Crippen MR) is 124 cm³/mol. The molecular weight excluding hydrogens is 513 g/mol. The molecule has 37 heavy (non-hydrogen) atoms. The molecule has 0 saturated heterocycles. The highest BCUT2D eigenvalue weighted by Gasteiger charge is 2.37. The van der Waals surface area contributed by atoms with E-state index < -0.39 is 17.9 Å². The van der Waals surface area contributed by atoms with Crippen LogP contribution in [0.5, 0.6) is 0 Å². The van der Waals surface area contributed by atoms with Crippen LogP contribution in [-0.4, -0.2) is 46.7 Å². The highest BCUT2D eigenvalue weighted by molar-refractivity contribution is 6.32. The van der Waals surface area contributed by atoms with Crippen LogP contribution in [0.15, 0.2) is 42.6 Å². The molecule has 0 aliphatic heterocycles. The summed E-state index contributed by atoms with van der Waals surface area (Å²) in [5.41, 5.74) is 1.61. The van der Waals surface area contributed by atoms with Crippen molar-refractivity contribution in [3.05, 3.63) is 76.0 Å². The van der Waals surface area contributed by atoms with Gasteiger partial charge in [0, 0.05) is 17.7 Å². The zero-order valence-electron chi connectivity index (χ0n) is 19.2. The van der Waals surface area contributed by atoms with Gasteiger partial charge in [-0.15, -0.1) is 10.2 Å². The number of tetrazole rings is 1. The highest BCUT2D eigenvalue weighted by atomic mass is 35.5. The number of ketones is 1. The first kappa shape index (κ1) is 24.6. The van der Waals surface area contributed by atoms with E-state index in [1.165, 1.54) is 16.9 Å². The number of nitrogens with one attached hydrogen (secondary N) is 1. The largest absolute Gasteiger partial charge is 0.455 e. The molecule has 3 heterocycles. The lowest BCUT2D eigenvalue weighted by Gasteiger charge is -2.14. The van der Waals surface area contributed by atoms with E-state index in [0.29, 0.717) is 21.6 Å². The van der Waals surface area contributed by atoms with Gasteiger partial charge in [0.25, 0.3) is 11.7 Å². The average molecular weight is 531 g/mol. The van der Waals surface area contributed by atoms with Crippen molar-refractivity contribution < 1.29 is 22.8 Å². The van der Waals surface area contributed by atoms with Crippen molar-refractivity contribution in [2.24, 2.45) is 5.92 Å². The zero-order valence-corrected chi connectivity index (χ0v) is 20.0. The van der Waals surface area contributed by atoms with Crippen LogP contribution in [0.2, 0.25) is 5.02 Å². The van der Waals surface area contributed by atoms with Crippen molar-refractivity contribution >= 4 is 29.0 Å². The molecular formula is C23H18ClF3N8O2. The lowest BCUT2D eigenvalue weighted by Crippen LogP contribution is -2.20. The van der Waals surface area contributed by atoms with Gasteiger partial charge in [-0.2, -0.15) is 23.1 Å². The summed E-state index contributed by atoms with van der Waals surface area (Å²) in [5, 5.41) is 17.0. The number of amides is 1. The number of benzene rings is 1. The summed E-state index contributed by atoms with van der Waals surface area (Å²) < 4.78 is 39.8. The highest BCUT2D eigenvalue weighted by Crippen LogP contribution is 2.35. The van der Waals surface area contributed by atoms with Gasteiger partial charge in [-0.3, -0.25) is 9.59 Å². The molecule has 0 spiro atoms. The van der Waals surface area contributed by atoms with E-state index in [2.05, 4.69) is 30.8 Å². The Bertz CT molecular complexity index is 1510. The lowest BCUT2D eigenvalue weighted by molar-refractivity contribution is -0.145. The molecule has 190 valence electrons. The number of rotatable bonds is 7. The Balaban J connectivity index is 1.51. The molecule has 10 nitrogen and oxygen atoms in total. The zero-order chi connectivity index (χ0) is 26.3. The van der Waals surface area contributed by atoms with Crippen molar-refractivity contribution in [2.75, 3.05) is 5.32 Å². The molecule has 1 amide bonds. The monoisotopic (exact) mass is 530 g/mol. The summed E-state index contributed by atoms with van der Waals surface area (Å²) >= 11 is 6.29. The maximum absolute atomic E-state index is 13.5. The maximum Gasteiger partial charge on any atom is 0.455 e. The topological polar surface area (TPSA) is 120 Å². The van der Waals surface area contributed by atoms with Gasteiger partial charge in [-0.25, -0.2) is 9.67 Å². The number of nitrogens with zero attached hydrogens (tertiary/aromatic N) is 7. The number of Topliss-reactive ketones (excluding diaryl/α,β-unsaturated/α-hetero) is 1. The van der Waals surface area contributed by atoms with Crippen LogP contribution in [0.4, 0.5) is 18.9 Å². The number of alkyl halides is 3. The van der Waals surface area contributed by atoms with Crippen LogP contribution in [-0.2, 0) is 12.7 Å². The van der Waals surface area contributed by atoms with E-state index in [4.69, 9.17) is 11.6 Å². The minimum Gasteiger partial charge on any atom is -0.320 e. The molecule has 5 rings (SSSR count). The van der Waals surface area contributed by atoms with Gasteiger partial charge in [0.05, 0.1) is 16.4 Å². The molecule has 1 aromatic carbocycles. The maximum atomic E-state index is 13.5. The number of hydrogen-bond donors (Lipinski definition) is 1. The normalized spacial score (nSPS) is 13.5. The van der Waals surface area contributed by atoms with Crippen molar-refractivity contribution in [1.82, 2.24) is 35.0 Å². The molecule has 1 N–H and O–H groups in total. The molecule has 1 fully saturated rings. The fourth-order valence-corrected chi connectivity index (χ4v) is 3.92. The van der Waals surface area contributed by atoms with E-state index in [1.54, 1.807) is 37.3 Å². The Labute approximate surface area is 212 Å². The summed E-state index contributed by atoms with van der Waals surface area (Å²) in [5.74, 6) is -1.99. The van der Waals surface area contributed by atoms with E-state index in [-0.39, 0.29) is 40.5 Å². The standard InChI is InChI=1S/C23H18ClF3N8O2/c1-12-4-2-5-15(19(36)13-7-8-13)18(12)29-21(37)17-10-14(11-34-32-22(30-33-34)23(25,26)27)31-35(17)20-16(24)6-3-9-28-20/h2-6,9-10,13H,7-8,11H2,1H3,(H,29,37). The lowest BCUT2D eigenvalue weighted by atomic mass is 10.0. The number of hydrogen-bond acceptors (Lipinski definition) is 7. The van der Waals surface area contributed by atoms with Crippen LogP contribution in [0.1, 0.15) is 50.8 Å². The van der Waals surface area contributed by atoms with E-state index in [9.17, 15) is 22.8 Å². The number of halogens is 4. The number of carbonyl (C=O) groups excluding carboxylic acids is 2. The van der Waals surface area contributed by atoms with Crippen LogP contribution < -0.4 is 5.32 Å². The van der Waals surface area contributed by atoms with Crippen LogP contribution in [0.25, 0.3) is 5.82 Å². The summed E-state index contributed by atoms with van der Waals surface area (Å²) in [7, 11) is 0. The van der Waals surface area contributed by atoms with Crippen molar-refractivity contribution in [2.45, 2.75) is 32.5 Å². The average Bonchev–Trinajstić information content (AvgIpc) is 3.44. The number of para-hydroxylation sites is 1. The second-order valence-electron chi connectivity index (χ2n) is 8.47. The predicted octanol–water partition coefficient (Wildman–Crippen LogP) is 4.13. The Hall–Kier alpha value is -4.13. The fraction of sp³-hybridized carbons (Fsp3) is 0.261. The number of pyridine rings is 1. The molecule has 4 aromatic rings. The van der Waals surface area contributed by atoms with Gasteiger partial charge in [0.1, 0.15) is 12.2 Å². The van der Waals surface area contributed by atoms with Crippen LogP contribution in [0.3, 0.4) is 0 Å². The van der Waals surface area contributed by atoms with Gasteiger partial charge >= 0.3 is 6.18 Å². The van der Waals surface area contributed by atoms with Crippen molar-refractivity contribution in [1.29, 1.82) is 0 Å². The molecule has 14 heteroatoms. The third-order valence-corrected chi connectivity index (χ3v) is 5.96. The van der Waals surface area contributed by atoms with E-state index in [1.807, 2.05) is 0 Å². The molecule has 3 aromatic heterocycles. The van der Waals surface area contributed by atoms with Gasteiger partial charge < -0.3 is 5.32 Å². The summed E-state index contributed by atoms with van der Waals surface area (Å²) in [6.07, 6.45) is -1.69. The third-order valence-electron chi connectivity index (χ3n) is 5.67. The van der Waals surface area contributed by atoms with Gasteiger partial charge in [0.2, 0.25) is 0 Å². The van der Waals surface area contributed by atoms with Crippen LogP contribution in [0, 0.1) is 12.8 Å². The molecule has 1 aliphatic rings. The Morgan fingerprint density at radius 1 is 1.16 bits per heavy atom. The van der Waals surface area contributed by atoms with E-state index in [0.717, 1.165) is 12.8 Å². The minimum absolute atomic E-state index is 0.0140. The summed E-state index contributed by atoms with van der Waals surface area (Å²) in [6, 6.07) is 9.68. The first-order valence-electron chi connectivity index (χ1n) is 11.1. The number of anilines is 1. The molecule has 0 atom stereocenters.